The Bertz CT molecular complexity index is 3190. The number of aromatic nitrogens is 2. The monoisotopic (exact) mass is 714 g/mol. The van der Waals surface area contributed by atoms with E-state index in [9.17, 15) is 0 Å². The summed E-state index contributed by atoms with van der Waals surface area (Å²) in [4.78, 5) is 5.11. The Hall–Kier alpha value is -7.49. The molecule has 0 unspecified atom stereocenters. The fourth-order valence-corrected chi connectivity index (χ4v) is 8.25. The van der Waals surface area contributed by atoms with Gasteiger partial charge in [-0.05, 0) is 100 Å². The van der Waals surface area contributed by atoms with Gasteiger partial charge in [0, 0.05) is 38.4 Å². The molecular formula is C53H34N2O. The maximum absolute atomic E-state index is 6.13. The molecule has 3 heterocycles. The number of hydrogen-bond acceptors (Lipinski definition) is 2. The molecule has 3 nitrogen and oxygen atoms in total. The summed E-state index contributed by atoms with van der Waals surface area (Å²) in [5, 5.41) is 4.72. The number of hydrogen-bond donors (Lipinski definition) is 0. The molecule has 56 heavy (non-hydrogen) atoms. The number of para-hydroxylation sites is 2. The van der Waals surface area contributed by atoms with Gasteiger partial charge in [0.2, 0.25) is 0 Å². The summed E-state index contributed by atoms with van der Waals surface area (Å²) in [5.41, 5.74) is 16.4. The third-order valence-corrected chi connectivity index (χ3v) is 11.0. The highest BCUT2D eigenvalue weighted by Crippen LogP contribution is 2.38. The zero-order chi connectivity index (χ0) is 37.0. The van der Waals surface area contributed by atoms with Gasteiger partial charge in [-0.2, -0.15) is 0 Å². The Labute approximate surface area is 324 Å². The predicted molar refractivity (Wildman–Crippen MR) is 233 cm³/mol. The van der Waals surface area contributed by atoms with Gasteiger partial charge in [0.25, 0.3) is 0 Å². The van der Waals surface area contributed by atoms with Gasteiger partial charge in [-0.1, -0.05) is 140 Å². The molecule has 11 rings (SSSR count). The molecule has 0 atom stereocenters. The molecule has 3 heteroatoms. The molecule has 0 N–H and O–H groups in total. The van der Waals surface area contributed by atoms with Crippen LogP contribution in [0.2, 0.25) is 0 Å². The van der Waals surface area contributed by atoms with Crippen LogP contribution in [0.4, 0.5) is 0 Å². The van der Waals surface area contributed by atoms with Gasteiger partial charge in [0.1, 0.15) is 11.2 Å². The minimum atomic E-state index is 0.907. The highest BCUT2D eigenvalue weighted by atomic mass is 16.3. The van der Waals surface area contributed by atoms with Crippen LogP contribution in [0.5, 0.6) is 0 Å². The van der Waals surface area contributed by atoms with E-state index in [0.29, 0.717) is 0 Å². The lowest BCUT2D eigenvalue weighted by molar-refractivity contribution is 0.669. The van der Waals surface area contributed by atoms with Gasteiger partial charge < -0.3 is 8.98 Å². The van der Waals surface area contributed by atoms with E-state index in [-0.39, 0.29) is 0 Å². The van der Waals surface area contributed by atoms with Crippen molar-refractivity contribution in [1.82, 2.24) is 9.55 Å². The second kappa shape index (κ2) is 13.1. The Morgan fingerprint density at radius 1 is 0.304 bits per heavy atom. The van der Waals surface area contributed by atoms with E-state index in [0.717, 1.165) is 72.4 Å². The molecule has 11 aromatic rings. The lowest BCUT2D eigenvalue weighted by Crippen LogP contribution is -1.94. The molecule has 0 aliphatic heterocycles. The molecule has 262 valence electrons. The van der Waals surface area contributed by atoms with Crippen molar-refractivity contribution in [2.75, 3.05) is 0 Å². The normalized spacial score (nSPS) is 11.6. The number of nitrogens with zero attached hydrogens (tertiary/aromatic N) is 2. The summed E-state index contributed by atoms with van der Waals surface area (Å²) in [7, 11) is 0. The number of benzene rings is 8. The zero-order valence-electron chi connectivity index (χ0n) is 30.4. The fraction of sp³-hybridized carbons (Fsp3) is 0. The van der Waals surface area contributed by atoms with Crippen molar-refractivity contribution >= 4 is 43.7 Å². The Kier molecular flexibility index (Phi) is 7.49. The summed E-state index contributed by atoms with van der Waals surface area (Å²) in [6.07, 6.45) is 0. The van der Waals surface area contributed by atoms with Crippen LogP contribution in [0, 0.1) is 0 Å². The number of pyridine rings is 1. The molecule has 0 spiro atoms. The zero-order valence-corrected chi connectivity index (χ0v) is 30.4. The van der Waals surface area contributed by atoms with Crippen LogP contribution in [0.3, 0.4) is 0 Å². The van der Waals surface area contributed by atoms with Gasteiger partial charge in [-0.15, -0.1) is 0 Å². The molecule has 0 bridgehead atoms. The average molecular weight is 715 g/mol. The molecule has 0 saturated heterocycles. The third kappa shape index (κ3) is 5.49. The first-order valence-corrected chi connectivity index (χ1v) is 19.0. The predicted octanol–water partition coefficient (Wildman–Crippen LogP) is 14.4. The van der Waals surface area contributed by atoms with Crippen LogP contribution in [-0.4, -0.2) is 9.55 Å². The molecule has 0 radical (unpaired) electrons. The van der Waals surface area contributed by atoms with Crippen molar-refractivity contribution in [3.63, 3.8) is 0 Å². The van der Waals surface area contributed by atoms with Crippen LogP contribution in [0.15, 0.2) is 211 Å². The first-order valence-electron chi connectivity index (χ1n) is 19.0. The van der Waals surface area contributed by atoms with E-state index >= 15 is 0 Å². The van der Waals surface area contributed by atoms with Crippen LogP contribution in [0.25, 0.3) is 105 Å². The van der Waals surface area contributed by atoms with E-state index in [2.05, 4.69) is 187 Å². The summed E-state index contributed by atoms with van der Waals surface area (Å²) < 4.78 is 8.53. The Balaban J connectivity index is 1.01. The first kappa shape index (κ1) is 32.0. The van der Waals surface area contributed by atoms with Crippen molar-refractivity contribution < 1.29 is 4.42 Å². The van der Waals surface area contributed by atoms with E-state index in [1.807, 2.05) is 24.3 Å². The Morgan fingerprint density at radius 2 is 0.821 bits per heavy atom. The SMILES string of the molecule is c1ccc(-c2cc(-c3cccc(-c4ccc5c(c4)c4ccccc4n5-c4cccc(-c5ccc6oc7ccccc7c6c5)c4)c3)cc(-c3ccccc3)n2)cc1. The molecule has 0 saturated carbocycles. The highest BCUT2D eigenvalue weighted by molar-refractivity contribution is 6.11. The molecular weight excluding hydrogens is 681 g/mol. The minimum absolute atomic E-state index is 0.907. The second-order valence-corrected chi connectivity index (χ2v) is 14.4. The molecule has 0 aliphatic carbocycles. The minimum Gasteiger partial charge on any atom is -0.456 e. The highest BCUT2D eigenvalue weighted by Gasteiger charge is 2.16. The van der Waals surface area contributed by atoms with E-state index < -0.39 is 0 Å². The fourth-order valence-electron chi connectivity index (χ4n) is 8.25. The second-order valence-electron chi connectivity index (χ2n) is 14.4. The van der Waals surface area contributed by atoms with E-state index in [1.54, 1.807) is 0 Å². The van der Waals surface area contributed by atoms with Crippen LogP contribution in [0.1, 0.15) is 0 Å². The van der Waals surface area contributed by atoms with Crippen LogP contribution >= 0.6 is 0 Å². The smallest absolute Gasteiger partial charge is 0.135 e. The molecule has 0 amide bonds. The van der Waals surface area contributed by atoms with Gasteiger partial charge in [-0.25, -0.2) is 4.98 Å². The summed E-state index contributed by atoms with van der Waals surface area (Å²) in [6, 6.07) is 73.4. The lowest BCUT2D eigenvalue weighted by atomic mass is 9.96. The number of fused-ring (bicyclic) bond motifs is 6. The standard InChI is InChI=1S/C53H34N2O/c1-3-13-35(14-4-1)48-33-42(34-49(54-48)36-15-5-2-6-16-36)38-18-11-17-37(29-38)40-25-27-51-46(31-40)44-21-7-9-23-50(44)55(51)43-20-12-19-39(30-43)41-26-28-53-47(32-41)45-22-8-10-24-52(45)56-53/h1-34H. The average Bonchev–Trinajstić information content (AvgIpc) is 3.82. The molecule has 3 aromatic heterocycles. The molecule has 8 aromatic carbocycles. The van der Waals surface area contributed by atoms with Crippen molar-refractivity contribution in [2.45, 2.75) is 0 Å². The van der Waals surface area contributed by atoms with Gasteiger partial charge in [0.15, 0.2) is 0 Å². The topological polar surface area (TPSA) is 31.0 Å². The third-order valence-electron chi connectivity index (χ3n) is 11.0. The number of furan rings is 1. The van der Waals surface area contributed by atoms with E-state index in [1.165, 1.54) is 32.9 Å². The summed E-state index contributed by atoms with van der Waals surface area (Å²) >= 11 is 0. The quantitative estimate of drug-likeness (QED) is 0.172. The Morgan fingerprint density at radius 3 is 1.57 bits per heavy atom. The lowest BCUT2D eigenvalue weighted by Gasteiger charge is -2.12. The first-order chi connectivity index (χ1) is 27.7. The van der Waals surface area contributed by atoms with Crippen molar-refractivity contribution in [2.24, 2.45) is 0 Å². The van der Waals surface area contributed by atoms with Gasteiger partial charge in [0.05, 0.1) is 22.4 Å². The maximum Gasteiger partial charge on any atom is 0.135 e. The van der Waals surface area contributed by atoms with Gasteiger partial charge >= 0.3 is 0 Å². The van der Waals surface area contributed by atoms with E-state index in [4.69, 9.17) is 9.40 Å². The largest absolute Gasteiger partial charge is 0.456 e. The van der Waals surface area contributed by atoms with Crippen molar-refractivity contribution in [3.8, 4) is 61.6 Å². The van der Waals surface area contributed by atoms with Crippen LogP contribution in [-0.2, 0) is 0 Å². The molecule has 0 fully saturated rings. The van der Waals surface area contributed by atoms with Crippen molar-refractivity contribution in [3.05, 3.63) is 206 Å². The van der Waals surface area contributed by atoms with Crippen molar-refractivity contribution in [1.29, 1.82) is 0 Å². The summed E-state index contributed by atoms with van der Waals surface area (Å²) in [5.74, 6) is 0. The molecule has 0 aliphatic rings. The van der Waals surface area contributed by atoms with Crippen LogP contribution < -0.4 is 0 Å². The number of rotatable bonds is 6. The summed E-state index contributed by atoms with van der Waals surface area (Å²) in [6.45, 7) is 0. The van der Waals surface area contributed by atoms with Gasteiger partial charge in [-0.3, -0.25) is 0 Å². The maximum atomic E-state index is 6.13.